The molecule has 1 aromatic carbocycles. The first-order valence-corrected chi connectivity index (χ1v) is 10.2. The molecule has 0 spiro atoms. The van der Waals surface area contributed by atoms with Crippen molar-refractivity contribution >= 4 is 27.4 Å². The molecular weight excluding hydrogens is 356 g/mol. The van der Waals surface area contributed by atoms with Gasteiger partial charge in [-0.2, -0.15) is 0 Å². The Morgan fingerprint density at radius 1 is 1.22 bits per heavy atom. The van der Waals surface area contributed by atoms with Crippen molar-refractivity contribution in [3.63, 3.8) is 0 Å². The number of benzene rings is 1. The second-order valence-electron chi connectivity index (χ2n) is 7.72. The van der Waals surface area contributed by atoms with Crippen LogP contribution in [0.1, 0.15) is 23.4 Å². The van der Waals surface area contributed by atoms with Crippen LogP contribution in [0.4, 0.5) is 5.82 Å². The number of fused-ring (bicyclic) bond motifs is 1. The number of β-amino-alcohol motifs (C(OH)–C–C–N with tert-alkyl or cyclic N) is 1. The standard InChI is InChI=1S/C21H26N4OS/c1-15-12-27-20-18(15)19(22-16(2)23-20)24(3)13-21(26)9-10-25(14-21)11-17-7-5-4-6-8-17/h4-8,12,26H,9-11,13-14H2,1-3H3. The van der Waals surface area contributed by atoms with E-state index in [4.69, 9.17) is 4.98 Å². The van der Waals surface area contributed by atoms with Gasteiger partial charge in [0.05, 0.1) is 11.0 Å². The summed E-state index contributed by atoms with van der Waals surface area (Å²) in [6, 6.07) is 10.5. The zero-order chi connectivity index (χ0) is 19.0. The molecule has 1 aliphatic rings. The van der Waals surface area contributed by atoms with Gasteiger partial charge in [-0.15, -0.1) is 11.3 Å². The van der Waals surface area contributed by atoms with Crippen molar-refractivity contribution < 1.29 is 5.11 Å². The zero-order valence-electron chi connectivity index (χ0n) is 16.1. The van der Waals surface area contributed by atoms with E-state index in [-0.39, 0.29) is 0 Å². The molecule has 4 rings (SSSR count). The van der Waals surface area contributed by atoms with E-state index in [1.165, 1.54) is 11.1 Å². The Balaban J connectivity index is 1.50. The Kier molecular flexibility index (Phi) is 4.88. The summed E-state index contributed by atoms with van der Waals surface area (Å²) < 4.78 is 0. The van der Waals surface area contributed by atoms with Crippen molar-refractivity contribution in [2.24, 2.45) is 0 Å². The summed E-state index contributed by atoms with van der Waals surface area (Å²) in [5.74, 6) is 1.70. The summed E-state index contributed by atoms with van der Waals surface area (Å²) in [4.78, 5) is 14.7. The van der Waals surface area contributed by atoms with Gasteiger partial charge in [0, 0.05) is 33.2 Å². The van der Waals surface area contributed by atoms with Gasteiger partial charge >= 0.3 is 0 Å². The van der Waals surface area contributed by atoms with Crippen LogP contribution in [-0.4, -0.2) is 52.3 Å². The van der Waals surface area contributed by atoms with E-state index in [1.54, 1.807) is 11.3 Å². The molecule has 1 unspecified atom stereocenters. The smallest absolute Gasteiger partial charge is 0.141 e. The Morgan fingerprint density at radius 3 is 2.78 bits per heavy atom. The molecular formula is C21H26N4OS. The van der Waals surface area contributed by atoms with E-state index < -0.39 is 5.60 Å². The van der Waals surface area contributed by atoms with Crippen LogP contribution in [0.3, 0.4) is 0 Å². The number of aliphatic hydroxyl groups is 1. The van der Waals surface area contributed by atoms with Crippen molar-refractivity contribution in [2.75, 3.05) is 31.6 Å². The van der Waals surface area contributed by atoms with Crippen LogP contribution in [0.15, 0.2) is 35.7 Å². The third-order valence-electron chi connectivity index (χ3n) is 5.26. The zero-order valence-corrected chi connectivity index (χ0v) is 17.0. The maximum Gasteiger partial charge on any atom is 0.141 e. The van der Waals surface area contributed by atoms with Crippen LogP contribution in [0, 0.1) is 13.8 Å². The van der Waals surface area contributed by atoms with Crippen LogP contribution >= 0.6 is 11.3 Å². The number of nitrogens with zero attached hydrogens (tertiary/aromatic N) is 4. The number of rotatable bonds is 5. The molecule has 142 valence electrons. The lowest BCUT2D eigenvalue weighted by Gasteiger charge is -2.30. The highest BCUT2D eigenvalue weighted by atomic mass is 32.1. The second-order valence-corrected chi connectivity index (χ2v) is 8.58. The van der Waals surface area contributed by atoms with Gasteiger partial charge in [0.1, 0.15) is 16.5 Å². The maximum absolute atomic E-state index is 11.2. The molecule has 3 heterocycles. The SMILES string of the molecule is Cc1nc(N(C)CC2(O)CCN(Cc3ccccc3)C2)c2c(C)csc2n1. The lowest BCUT2D eigenvalue weighted by atomic mass is 10.0. The number of hydrogen-bond acceptors (Lipinski definition) is 6. The number of aryl methyl sites for hydroxylation is 2. The Labute approximate surface area is 164 Å². The Hall–Kier alpha value is -2.02. The number of thiophene rings is 1. The molecule has 1 saturated heterocycles. The summed E-state index contributed by atoms with van der Waals surface area (Å²) in [5.41, 5.74) is 1.76. The summed E-state index contributed by atoms with van der Waals surface area (Å²) in [6.07, 6.45) is 0.778. The van der Waals surface area contributed by atoms with E-state index in [0.29, 0.717) is 13.1 Å². The predicted octanol–water partition coefficient (Wildman–Crippen LogP) is 3.38. The first kappa shape index (κ1) is 18.3. The second kappa shape index (κ2) is 7.19. The first-order valence-electron chi connectivity index (χ1n) is 9.36. The van der Waals surface area contributed by atoms with Crippen LogP contribution in [0.2, 0.25) is 0 Å². The predicted molar refractivity (Wildman–Crippen MR) is 111 cm³/mol. The molecule has 2 aromatic heterocycles. The Morgan fingerprint density at radius 2 is 2.00 bits per heavy atom. The minimum Gasteiger partial charge on any atom is -0.387 e. The number of anilines is 1. The lowest BCUT2D eigenvalue weighted by molar-refractivity contribution is 0.0561. The largest absolute Gasteiger partial charge is 0.387 e. The molecule has 0 radical (unpaired) electrons. The summed E-state index contributed by atoms with van der Waals surface area (Å²) >= 11 is 1.65. The molecule has 5 nitrogen and oxygen atoms in total. The topological polar surface area (TPSA) is 52.5 Å². The van der Waals surface area contributed by atoms with Crippen LogP contribution < -0.4 is 4.90 Å². The van der Waals surface area contributed by atoms with E-state index in [1.807, 2.05) is 20.0 Å². The molecule has 6 heteroatoms. The van der Waals surface area contributed by atoms with E-state index >= 15 is 0 Å². The monoisotopic (exact) mass is 382 g/mol. The van der Waals surface area contributed by atoms with E-state index in [9.17, 15) is 5.11 Å². The normalized spacial score (nSPS) is 20.4. The molecule has 3 aromatic rings. The fourth-order valence-electron chi connectivity index (χ4n) is 4.00. The van der Waals surface area contributed by atoms with Crippen molar-refractivity contribution in [2.45, 2.75) is 32.4 Å². The number of aromatic nitrogens is 2. The molecule has 1 aliphatic heterocycles. The highest BCUT2D eigenvalue weighted by Crippen LogP contribution is 2.33. The van der Waals surface area contributed by atoms with E-state index in [2.05, 4.69) is 51.4 Å². The van der Waals surface area contributed by atoms with Gasteiger partial charge in [0.25, 0.3) is 0 Å². The minimum atomic E-state index is -0.724. The third kappa shape index (κ3) is 3.83. The highest BCUT2D eigenvalue weighted by Gasteiger charge is 2.37. The fraction of sp³-hybridized carbons (Fsp3) is 0.429. The Bertz CT molecular complexity index is 942. The third-order valence-corrected chi connectivity index (χ3v) is 6.25. The number of likely N-dealkylation sites (tertiary alicyclic amines) is 1. The fourth-order valence-corrected chi connectivity index (χ4v) is 4.97. The average molecular weight is 383 g/mol. The highest BCUT2D eigenvalue weighted by molar-refractivity contribution is 7.17. The maximum atomic E-state index is 11.2. The molecule has 0 amide bonds. The van der Waals surface area contributed by atoms with Crippen LogP contribution in [0.25, 0.3) is 10.2 Å². The summed E-state index contributed by atoms with van der Waals surface area (Å²) in [7, 11) is 2.02. The summed E-state index contributed by atoms with van der Waals surface area (Å²) in [6.45, 7) is 7.07. The van der Waals surface area contributed by atoms with Crippen molar-refractivity contribution in [1.29, 1.82) is 0 Å². The van der Waals surface area contributed by atoms with Crippen LogP contribution in [-0.2, 0) is 6.54 Å². The molecule has 0 bridgehead atoms. The first-order chi connectivity index (χ1) is 12.9. The minimum absolute atomic E-state index is 0.569. The van der Waals surface area contributed by atoms with Gasteiger partial charge in [0.15, 0.2) is 0 Å². The average Bonchev–Trinajstić information content (AvgIpc) is 3.18. The molecule has 0 saturated carbocycles. The molecule has 1 N–H and O–H groups in total. The van der Waals surface area contributed by atoms with Gasteiger partial charge < -0.3 is 10.0 Å². The van der Waals surface area contributed by atoms with E-state index in [0.717, 1.165) is 41.4 Å². The molecule has 1 fully saturated rings. The van der Waals surface area contributed by atoms with Gasteiger partial charge in [-0.3, -0.25) is 4.90 Å². The number of likely N-dealkylation sites (N-methyl/N-ethyl adjacent to an activating group) is 1. The molecule has 27 heavy (non-hydrogen) atoms. The van der Waals surface area contributed by atoms with Gasteiger partial charge in [-0.25, -0.2) is 9.97 Å². The quantitative estimate of drug-likeness (QED) is 0.733. The van der Waals surface area contributed by atoms with Crippen molar-refractivity contribution in [3.05, 3.63) is 52.7 Å². The van der Waals surface area contributed by atoms with Gasteiger partial charge in [-0.1, -0.05) is 30.3 Å². The van der Waals surface area contributed by atoms with Gasteiger partial charge in [0.2, 0.25) is 0 Å². The molecule has 0 aliphatic carbocycles. The van der Waals surface area contributed by atoms with Crippen molar-refractivity contribution in [3.8, 4) is 0 Å². The summed E-state index contributed by atoms with van der Waals surface area (Å²) in [5, 5.41) is 14.4. The van der Waals surface area contributed by atoms with Crippen molar-refractivity contribution in [1.82, 2.24) is 14.9 Å². The van der Waals surface area contributed by atoms with Gasteiger partial charge in [-0.05, 0) is 36.8 Å². The number of hydrogen-bond donors (Lipinski definition) is 1. The molecule has 1 atom stereocenters. The van der Waals surface area contributed by atoms with Crippen LogP contribution in [0.5, 0.6) is 0 Å². The lowest BCUT2D eigenvalue weighted by Crippen LogP contribution is -2.44.